The zero-order valence-electron chi connectivity index (χ0n) is 12.6. The average molecular weight is 289 g/mol. The van der Waals surface area contributed by atoms with Gasteiger partial charge in [-0.2, -0.15) is 5.10 Å². The van der Waals surface area contributed by atoms with E-state index >= 15 is 0 Å². The Morgan fingerprint density at radius 1 is 1.33 bits per heavy atom. The molecule has 0 saturated heterocycles. The second-order valence-electron chi connectivity index (χ2n) is 4.48. The van der Waals surface area contributed by atoms with Gasteiger partial charge in [-0.05, 0) is 26.0 Å². The minimum atomic E-state index is -0.264. The zero-order valence-corrected chi connectivity index (χ0v) is 12.6. The number of aromatic nitrogens is 2. The van der Waals surface area contributed by atoms with Gasteiger partial charge in [0.15, 0.2) is 11.5 Å². The molecule has 1 N–H and O–H groups in total. The number of methoxy groups -OCH3 is 2. The van der Waals surface area contributed by atoms with Crippen molar-refractivity contribution in [3.05, 3.63) is 35.5 Å². The maximum Gasteiger partial charge on any atom is 0.260 e. The first-order chi connectivity index (χ1) is 10.1. The summed E-state index contributed by atoms with van der Waals surface area (Å²) in [5.74, 6) is 1.33. The van der Waals surface area contributed by atoms with E-state index in [0.29, 0.717) is 29.4 Å². The molecule has 0 radical (unpaired) electrons. The first kappa shape index (κ1) is 14.9. The van der Waals surface area contributed by atoms with Crippen molar-refractivity contribution in [1.29, 1.82) is 0 Å². The molecule has 0 fully saturated rings. The van der Waals surface area contributed by atoms with Gasteiger partial charge < -0.3 is 14.8 Å². The second-order valence-corrected chi connectivity index (χ2v) is 4.48. The third-order valence-corrected chi connectivity index (χ3v) is 3.09. The van der Waals surface area contributed by atoms with Crippen LogP contribution in [0, 0.1) is 6.92 Å². The number of ether oxygens (including phenoxy) is 2. The molecule has 1 amide bonds. The quantitative estimate of drug-likeness (QED) is 0.918. The molecule has 0 aliphatic heterocycles. The summed E-state index contributed by atoms with van der Waals surface area (Å²) < 4.78 is 12.2. The maximum atomic E-state index is 12.5. The van der Waals surface area contributed by atoms with Crippen LogP contribution in [0.15, 0.2) is 24.3 Å². The van der Waals surface area contributed by atoms with Crippen molar-refractivity contribution in [2.24, 2.45) is 0 Å². The summed E-state index contributed by atoms with van der Waals surface area (Å²) >= 11 is 0. The predicted molar refractivity (Wildman–Crippen MR) is 80.1 cm³/mol. The third-order valence-electron chi connectivity index (χ3n) is 3.09. The number of carbonyl (C=O) groups is 1. The molecule has 1 heterocycles. The lowest BCUT2D eigenvalue weighted by Crippen LogP contribution is -2.16. The lowest BCUT2D eigenvalue weighted by Gasteiger charge is -2.12. The molecule has 1 aromatic carbocycles. The number of anilines is 1. The van der Waals surface area contributed by atoms with Gasteiger partial charge in [0.05, 0.1) is 25.5 Å². The lowest BCUT2D eigenvalue weighted by atomic mass is 10.1. The standard InChI is InChI=1S/C15H19N3O3/c1-5-18-13(9-10(2)17-18)16-15(19)11-7-6-8-12(20-3)14(11)21-4/h6-9H,5H2,1-4H3,(H,16,19). The number of para-hydroxylation sites is 1. The average Bonchev–Trinajstić information content (AvgIpc) is 2.85. The molecule has 0 spiro atoms. The highest BCUT2D eigenvalue weighted by atomic mass is 16.5. The van der Waals surface area contributed by atoms with Gasteiger partial charge in [-0.1, -0.05) is 6.07 Å². The van der Waals surface area contributed by atoms with Gasteiger partial charge in [0.1, 0.15) is 5.82 Å². The number of benzene rings is 1. The lowest BCUT2D eigenvalue weighted by molar-refractivity contribution is 0.102. The summed E-state index contributed by atoms with van der Waals surface area (Å²) in [6.07, 6.45) is 0. The van der Waals surface area contributed by atoms with Gasteiger partial charge in [-0.3, -0.25) is 4.79 Å². The Bertz CT molecular complexity index is 650. The van der Waals surface area contributed by atoms with Crippen LogP contribution in [0.5, 0.6) is 11.5 Å². The van der Waals surface area contributed by atoms with E-state index in [-0.39, 0.29) is 5.91 Å². The highest BCUT2D eigenvalue weighted by molar-refractivity contribution is 6.06. The SMILES string of the molecule is CCn1nc(C)cc1NC(=O)c1cccc(OC)c1OC. The van der Waals surface area contributed by atoms with E-state index in [1.165, 1.54) is 14.2 Å². The number of rotatable bonds is 5. The number of aryl methyl sites for hydroxylation is 2. The summed E-state index contributed by atoms with van der Waals surface area (Å²) in [5.41, 5.74) is 1.27. The van der Waals surface area contributed by atoms with Gasteiger partial charge >= 0.3 is 0 Å². The van der Waals surface area contributed by atoms with Crippen LogP contribution in [0.2, 0.25) is 0 Å². The summed E-state index contributed by atoms with van der Waals surface area (Å²) in [4.78, 5) is 12.5. The molecule has 0 atom stereocenters. The first-order valence-electron chi connectivity index (χ1n) is 6.67. The molecule has 21 heavy (non-hydrogen) atoms. The second kappa shape index (κ2) is 6.30. The number of amides is 1. The Morgan fingerprint density at radius 3 is 2.71 bits per heavy atom. The van der Waals surface area contributed by atoms with E-state index in [2.05, 4.69) is 10.4 Å². The fourth-order valence-corrected chi connectivity index (χ4v) is 2.14. The van der Waals surface area contributed by atoms with Crippen molar-refractivity contribution in [3.63, 3.8) is 0 Å². The first-order valence-corrected chi connectivity index (χ1v) is 6.67. The number of nitrogens with one attached hydrogen (secondary N) is 1. The summed E-state index contributed by atoms with van der Waals surface area (Å²) in [5, 5.41) is 7.15. The Morgan fingerprint density at radius 2 is 2.10 bits per heavy atom. The van der Waals surface area contributed by atoms with Crippen molar-refractivity contribution >= 4 is 11.7 Å². The molecule has 1 aromatic heterocycles. The number of hydrogen-bond donors (Lipinski definition) is 1. The number of nitrogens with zero attached hydrogens (tertiary/aromatic N) is 2. The molecule has 0 saturated carbocycles. The Balaban J connectivity index is 2.32. The summed E-state index contributed by atoms with van der Waals surface area (Å²) in [6.45, 7) is 4.53. The smallest absolute Gasteiger partial charge is 0.260 e. The van der Waals surface area contributed by atoms with Crippen LogP contribution in [0.1, 0.15) is 23.0 Å². The third kappa shape index (κ3) is 2.99. The van der Waals surface area contributed by atoms with Crippen molar-refractivity contribution < 1.29 is 14.3 Å². The van der Waals surface area contributed by atoms with Gasteiger partial charge in [0, 0.05) is 12.6 Å². The zero-order chi connectivity index (χ0) is 15.4. The van der Waals surface area contributed by atoms with Crippen LogP contribution in [-0.2, 0) is 6.54 Å². The van der Waals surface area contributed by atoms with E-state index in [9.17, 15) is 4.79 Å². The molecule has 0 unspecified atom stereocenters. The van der Waals surface area contributed by atoms with Crippen LogP contribution in [-0.4, -0.2) is 29.9 Å². The van der Waals surface area contributed by atoms with Crippen LogP contribution in [0.3, 0.4) is 0 Å². The van der Waals surface area contributed by atoms with Gasteiger partial charge in [0.2, 0.25) is 0 Å². The molecular weight excluding hydrogens is 270 g/mol. The number of carbonyl (C=O) groups excluding carboxylic acids is 1. The van der Waals surface area contributed by atoms with Crippen LogP contribution < -0.4 is 14.8 Å². The molecule has 6 nitrogen and oxygen atoms in total. The van der Waals surface area contributed by atoms with Gasteiger partial charge in [-0.25, -0.2) is 4.68 Å². The Labute approximate surface area is 123 Å². The Hall–Kier alpha value is -2.50. The topological polar surface area (TPSA) is 65.4 Å². The van der Waals surface area contributed by atoms with E-state index in [1.807, 2.05) is 19.9 Å². The predicted octanol–water partition coefficient (Wildman–Crippen LogP) is 2.48. The molecule has 2 rings (SSSR count). The fraction of sp³-hybridized carbons (Fsp3) is 0.333. The van der Waals surface area contributed by atoms with E-state index in [4.69, 9.17) is 9.47 Å². The van der Waals surface area contributed by atoms with E-state index in [1.54, 1.807) is 22.9 Å². The fourth-order valence-electron chi connectivity index (χ4n) is 2.14. The minimum Gasteiger partial charge on any atom is -0.493 e. The molecule has 0 aliphatic carbocycles. The van der Waals surface area contributed by atoms with Crippen LogP contribution in [0.4, 0.5) is 5.82 Å². The normalized spacial score (nSPS) is 10.3. The maximum absolute atomic E-state index is 12.5. The molecule has 6 heteroatoms. The largest absolute Gasteiger partial charge is 0.493 e. The highest BCUT2D eigenvalue weighted by Gasteiger charge is 2.17. The van der Waals surface area contributed by atoms with Crippen LogP contribution >= 0.6 is 0 Å². The summed E-state index contributed by atoms with van der Waals surface area (Å²) in [6, 6.07) is 7.01. The molecular formula is C15H19N3O3. The minimum absolute atomic E-state index is 0.264. The molecule has 0 bridgehead atoms. The molecule has 0 aliphatic rings. The van der Waals surface area contributed by atoms with Crippen molar-refractivity contribution in [2.75, 3.05) is 19.5 Å². The van der Waals surface area contributed by atoms with E-state index < -0.39 is 0 Å². The summed E-state index contributed by atoms with van der Waals surface area (Å²) in [7, 11) is 3.05. The number of hydrogen-bond acceptors (Lipinski definition) is 4. The van der Waals surface area contributed by atoms with Crippen molar-refractivity contribution in [1.82, 2.24) is 9.78 Å². The van der Waals surface area contributed by atoms with Crippen molar-refractivity contribution in [3.8, 4) is 11.5 Å². The van der Waals surface area contributed by atoms with Crippen LogP contribution in [0.25, 0.3) is 0 Å². The Kier molecular flexibility index (Phi) is 4.47. The monoisotopic (exact) mass is 289 g/mol. The van der Waals surface area contributed by atoms with Gasteiger partial charge in [-0.15, -0.1) is 0 Å². The van der Waals surface area contributed by atoms with Gasteiger partial charge in [0.25, 0.3) is 5.91 Å². The highest BCUT2D eigenvalue weighted by Crippen LogP contribution is 2.31. The molecule has 112 valence electrons. The molecule has 2 aromatic rings. The van der Waals surface area contributed by atoms with E-state index in [0.717, 1.165) is 5.69 Å². The van der Waals surface area contributed by atoms with Crippen molar-refractivity contribution in [2.45, 2.75) is 20.4 Å².